The van der Waals surface area contributed by atoms with Crippen molar-refractivity contribution in [2.75, 3.05) is 76.4 Å². The van der Waals surface area contributed by atoms with Gasteiger partial charge in [0, 0.05) is 130 Å². The van der Waals surface area contributed by atoms with Gasteiger partial charge in [0.15, 0.2) is 22.4 Å². The Morgan fingerprint density at radius 2 is 1.57 bits per heavy atom. The molecular weight excluding hydrogens is 1070 g/mol. The maximum absolute atomic E-state index is 15.0. The number of aromatic hydroxyl groups is 1. The Bertz CT molecular complexity index is 3300. The molecule has 3 aliphatic rings. The van der Waals surface area contributed by atoms with Gasteiger partial charge in [0.05, 0.1) is 41.8 Å². The molecule has 0 aliphatic carbocycles. The van der Waals surface area contributed by atoms with Crippen molar-refractivity contribution in [1.29, 1.82) is 0 Å². The average molecular weight is 1160 g/mol. The molecule has 4 heterocycles. The maximum atomic E-state index is 15.0. The van der Waals surface area contributed by atoms with Gasteiger partial charge in [-0.05, 0) is 38.7 Å². The van der Waals surface area contributed by atoms with E-state index in [0.717, 1.165) is 26.1 Å². The summed E-state index contributed by atoms with van der Waals surface area (Å²) in [5.41, 5.74) is -1.69. The van der Waals surface area contributed by atoms with E-state index in [9.17, 15) is 44.7 Å². The summed E-state index contributed by atoms with van der Waals surface area (Å²) in [5, 5.41) is 66.1. The molecule has 7 rings (SSSR count). The minimum Gasteiger partial charge on any atom is -0.507 e. The Hall–Kier alpha value is -6.66. The van der Waals surface area contributed by atoms with Crippen molar-refractivity contribution in [3.05, 3.63) is 79.5 Å². The molecule has 4 bridgehead atoms. The zero-order valence-electron chi connectivity index (χ0n) is 49.7. The van der Waals surface area contributed by atoms with Crippen molar-refractivity contribution in [1.82, 2.24) is 20.5 Å². The minimum absolute atomic E-state index is 0.00511. The van der Waals surface area contributed by atoms with Crippen LogP contribution in [-0.2, 0) is 33.3 Å². The molecule has 3 aliphatic heterocycles. The normalized spacial score (nSPS) is 27.0. The van der Waals surface area contributed by atoms with Crippen LogP contribution in [0.1, 0.15) is 87.6 Å². The number of ether oxygens (including phenoxy) is 5. The Labute approximate surface area is 483 Å². The van der Waals surface area contributed by atoms with Crippen LogP contribution in [0.2, 0.25) is 0 Å². The van der Waals surface area contributed by atoms with Crippen molar-refractivity contribution in [2.24, 2.45) is 29.6 Å². The molecule has 0 saturated carbocycles. The number of fused-ring (bicyclic) bond motifs is 2. The Kier molecular flexibility index (Phi) is 21.1. The van der Waals surface area contributed by atoms with Crippen molar-refractivity contribution in [3.8, 4) is 11.5 Å². The minimum atomic E-state index is -2.08. The van der Waals surface area contributed by atoms with Crippen LogP contribution in [0.15, 0.2) is 62.3 Å². The van der Waals surface area contributed by atoms with Crippen LogP contribution in [0.25, 0.3) is 38.7 Å². The van der Waals surface area contributed by atoms with E-state index in [0.29, 0.717) is 44.2 Å². The lowest BCUT2D eigenvalue weighted by atomic mass is 9.78. The van der Waals surface area contributed by atoms with Gasteiger partial charge in [-0.1, -0.05) is 73.6 Å². The number of hydrogen-bond acceptors (Lipinski definition) is 21. The Morgan fingerprint density at radius 3 is 2.20 bits per heavy atom. The number of phenols is 1. The number of rotatable bonds is 15. The number of hydrogen-bond donors (Lipinski definition) is 8. The lowest BCUT2D eigenvalue weighted by Gasteiger charge is -2.38. The highest BCUT2D eigenvalue weighted by atomic mass is 16.7. The predicted octanol–water partition coefficient (Wildman–Crippen LogP) is 4.59. The summed E-state index contributed by atoms with van der Waals surface area (Å²) in [6, 6.07) is 2.76. The third-order valence-corrected chi connectivity index (χ3v) is 16.5. The molecule has 11 atom stereocenters. The third kappa shape index (κ3) is 13.8. The third-order valence-electron chi connectivity index (χ3n) is 16.5. The van der Waals surface area contributed by atoms with Crippen molar-refractivity contribution >= 4 is 68.0 Å². The second kappa shape index (κ2) is 27.4. The second-order valence-corrected chi connectivity index (χ2v) is 22.9. The summed E-state index contributed by atoms with van der Waals surface area (Å²) in [6.45, 7) is 23.7. The van der Waals surface area contributed by atoms with Gasteiger partial charge < -0.3 is 74.5 Å². The number of carbonyl (C=O) groups excluding carboxylic acids is 3. The number of nitrogens with zero attached hydrogens (tertiary/aromatic N) is 3. The number of phenolic OH excluding ortho intramolecular Hbond substituents is 1. The van der Waals surface area contributed by atoms with E-state index in [1.165, 1.54) is 52.4 Å². The number of benzene rings is 3. The topological polar surface area (TPSA) is 301 Å². The van der Waals surface area contributed by atoms with Crippen LogP contribution in [-0.4, -0.2) is 162 Å². The summed E-state index contributed by atoms with van der Waals surface area (Å²) in [5.74, 6) is -9.55. The fourth-order valence-corrected chi connectivity index (χ4v) is 11.2. The van der Waals surface area contributed by atoms with Gasteiger partial charge in [0.1, 0.15) is 35.4 Å². The molecule has 83 heavy (non-hydrogen) atoms. The molecule has 11 unspecified atom stereocenters. The first-order valence-electron chi connectivity index (χ1n) is 28.8. The molecule has 8 N–H and O–H groups in total. The van der Waals surface area contributed by atoms with Crippen molar-refractivity contribution in [3.63, 3.8) is 0 Å². The number of methoxy groups -OCH3 is 1. The van der Waals surface area contributed by atoms with Gasteiger partial charge in [0.25, 0.3) is 5.91 Å². The van der Waals surface area contributed by atoms with E-state index in [1.807, 2.05) is 13.8 Å². The standard InChI is InChI=1S/C61H84N6O16/c1-13-38(29-68)62-19-20-63-39(14-2)30-79-59(76)60(77)82-54-34(7)42(78-12)18-25-80-61(11)57(74)46-44-45(52(72)37(10)55(46)83-61)53(73)49(65-58(75)33(6)17-15-16-32(5)50(70)35(8)51(71)36(54)9)56-48(44)64-47-41(69)26-40(27-43(47)81-56)67-23-21-66(22-24-67)28-31(3)4/h15-18,25-27,31-32,34-36,38-39,42,50-51,54,62-63,68,70-72,74H,13-14,19-24,28-30H2,1-12H3,(H,65,75)/b16-15+,25-18+,33-17-. The van der Waals surface area contributed by atoms with Crippen LogP contribution in [0, 0.1) is 36.5 Å². The van der Waals surface area contributed by atoms with Crippen LogP contribution < -0.4 is 41.7 Å². The van der Waals surface area contributed by atoms with Crippen LogP contribution >= 0.6 is 0 Å². The lowest BCUT2D eigenvalue weighted by Crippen LogP contribution is -2.47. The van der Waals surface area contributed by atoms with Gasteiger partial charge in [-0.15, -0.1) is 0 Å². The number of piperazine rings is 1. The molecule has 1 saturated heterocycles. The fourth-order valence-electron chi connectivity index (χ4n) is 11.2. The number of allylic oxidation sites excluding steroid dienone is 2. The van der Waals surface area contributed by atoms with Gasteiger partial charge in [0.2, 0.25) is 10.9 Å². The SMILES string of the molecule is CCC(CO)NCCNC(CC)COC(=O)C(=O)OC1C(C)C(OC)/C=C/OC2(C)Oc3c(C)c(O)c4c(=O)c(c5oc6cc(N7CCN(CC(C)C)CC7)cc(=O)c6nc5c4c3=C2O)NC(=O)/C(C)=C\C=C\C(C)C(O)C(C)C(O)C1C. The van der Waals surface area contributed by atoms with E-state index < -0.39 is 99.8 Å². The number of nitrogens with one attached hydrogen (secondary N) is 3. The zero-order valence-corrected chi connectivity index (χ0v) is 49.7. The first-order valence-corrected chi connectivity index (χ1v) is 28.8. The number of amides is 1. The van der Waals surface area contributed by atoms with Crippen molar-refractivity contribution in [2.45, 2.75) is 131 Å². The molecule has 22 nitrogen and oxygen atoms in total. The van der Waals surface area contributed by atoms with Gasteiger partial charge in [-0.25, -0.2) is 14.6 Å². The van der Waals surface area contributed by atoms with E-state index in [-0.39, 0.29) is 80.4 Å². The van der Waals surface area contributed by atoms with E-state index >= 15 is 4.79 Å². The van der Waals surface area contributed by atoms with Gasteiger partial charge in [-0.2, -0.15) is 0 Å². The van der Waals surface area contributed by atoms with Crippen molar-refractivity contribution < 1.29 is 68.0 Å². The van der Waals surface area contributed by atoms with Crippen LogP contribution in [0.4, 0.5) is 11.4 Å². The molecule has 1 aromatic heterocycles. The number of aromatic nitrogens is 1. The molecule has 0 radical (unpaired) electrons. The monoisotopic (exact) mass is 1160 g/mol. The Balaban J connectivity index is 1.31. The summed E-state index contributed by atoms with van der Waals surface area (Å²) >= 11 is 0. The highest BCUT2D eigenvalue weighted by Gasteiger charge is 2.45. The van der Waals surface area contributed by atoms with Crippen LogP contribution in [0.3, 0.4) is 0 Å². The number of aliphatic hydroxyl groups is 4. The van der Waals surface area contributed by atoms with Crippen LogP contribution in [0.5, 0.6) is 11.5 Å². The average Bonchev–Trinajstić information content (AvgIpc) is 1.99. The zero-order chi connectivity index (χ0) is 60.8. The summed E-state index contributed by atoms with van der Waals surface area (Å²) in [6.07, 6.45) is 3.69. The quantitative estimate of drug-likeness (QED) is 0.0265. The first-order chi connectivity index (χ1) is 39.4. The van der Waals surface area contributed by atoms with E-state index in [2.05, 4.69) is 39.6 Å². The number of esters is 2. The molecule has 0 spiro atoms. The summed E-state index contributed by atoms with van der Waals surface area (Å²) in [4.78, 5) is 79.8. The maximum Gasteiger partial charge on any atom is 0.417 e. The predicted molar refractivity (Wildman–Crippen MR) is 315 cm³/mol. The highest BCUT2D eigenvalue weighted by Crippen LogP contribution is 2.42. The van der Waals surface area contributed by atoms with E-state index in [1.54, 1.807) is 45.9 Å². The number of anilines is 2. The smallest absolute Gasteiger partial charge is 0.417 e. The van der Waals surface area contributed by atoms with Gasteiger partial charge in [-0.3, -0.25) is 19.3 Å². The lowest BCUT2D eigenvalue weighted by molar-refractivity contribution is -0.179. The number of aliphatic hydroxyl groups excluding tert-OH is 4. The molecule has 3 aromatic carbocycles. The molecule has 22 heteroatoms. The Morgan fingerprint density at radius 1 is 0.892 bits per heavy atom. The first kappa shape index (κ1) is 63.9. The highest BCUT2D eigenvalue weighted by molar-refractivity contribution is 6.29. The fraction of sp³-hybridized carbons (Fsp3) is 0.574. The molecule has 4 aromatic rings. The molecule has 1 fully saturated rings. The summed E-state index contributed by atoms with van der Waals surface area (Å²) in [7, 11) is 1.38. The largest absolute Gasteiger partial charge is 0.507 e. The van der Waals surface area contributed by atoms with E-state index in [4.69, 9.17) is 33.1 Å². The number of carbonyl (C=O) groups is 3. The second-order valence-electron chi connectivity index (χ2n) is 22.9. The molecular formula is C61H84N6O16. The molecule has 454 valence electrons. The molecule has 1 amide bonds. The van der Waals surface area contributed by atoms with Gasteiger partial charge >= 0.3 is 17.7 Å². The summed E-state index contributed by atoms with van der Waals surface area (Å²) < 4.78 is 36.4.